The van der Waals surface area contributed by atoms with Gasteiger partial charge in [-0.3, -0.25) is 4.79 Å². The van der Waals surface area contributed by atoms with Gasteiger partial charge in [0.25, 0.3) is 0 Å². The molecule has 0 unspecified atom stereocenters. The summed E-state index contributed by atoms with van der Waals surface area (Å²) in [7, 11) is 0. The molecule has 0 spiro atoms. The topological polar surface area (TPSA) is 83.1 Å². The van der Waals surface area contributed by atoms with Crippen molar-refractivity contribution in [2.45, 2.75) is 26.7 Å². The van der Waals surface area contributed by atoms with E-state index in [1.165, 1.54) is 0 Å². The first-order valence-corrected chi connectivity index (χ1v) is 8.74. The third kappa shape index (κ3) is 6.49. The molecule has 2 rings (SSSR count). The van der Waals surface area contributed by atoms with Crippen LogP contribution in [0.3, 0.4) is 0 Å². The van der Waals surface area contributed by atoms with Crippen LogP contribution in [0.4, 0.5) is 0 Å². The number of carbonyl (C=O) groups excluding carboxylic acids is 1. The van der Waals surface area contributed by atoms with Gasteiger partial charge in [0.2, 0.25) is 0 Å². The van der Waals surface area contributed by atoms with Gasteiger partial charge in [0.1, 0.15) is 19.0 Å². The van der Waals surface area contributed by atoms with E-state index in [-0.39, 0.29) is 25.6 Å². The number of nitrogens with zero attached hydrogens (tertiary/aromatic N) is 2. The molecule has 0 atom stereocenters. The van der Waals surface area contributed by atoms with Crippen LogP contribution in [0.2, 0.25) is 0 Å². The molecule has 2 aromatic carbocycles. The maximum atomic E-state index is 11.7. The van der Waals surface area contributed by atoms with Crippen molar-refractivity contribution < 1.29 is 14.3 Å². The average Bonchev–Trinajstić information content (AvgIpc) is 2.70. The fourth-order valence-corrected chi connectivity index (χ4v) is 2.34. The van der Waals surface area contributed by atoms with Crippen LogP contribution >= 0.6 is 0 Å². The van der Waals surface area contributed by atoms with E-state index in [0.29, 0.717) is 17.7 Å². The highest BCUT2D eigenvalue weighted by atomic mass is 16.6. The number of hydrogen-bond donors (Lipinski definition) is 0. The number of esters is 1. The second-order valence-electron chi connectivity index (χ2n) is 6.78. The van der Waals surface area contributed by atoms with E-state index in [4.69, 9.17) is 20.0 Å². The maximum Gasteiger partial charge on any atom is 0.305 e. The molecule has 0 heterocycles. The van der Waals surface area contributed by atoms with E-state index in [2.05, 4.69) is 12.1 Å². The summed E-state index contributed by atoms with van der Waals surface area (Å²) in [5, 5.41) is 17.8. The van der Waals surface area contributed by atoms with E-state index in [0.717, 1.165) is 11.1 Å². The lowest BCUT2D eigenvalue weighted by Gasteiger charge is -2.14. The first-order chi connectivity index (χ1) is 12.9. The summed E-state index contributed by atoms with van der Waals surface area (Å²) in [6, 6.07) is 19.2. The normalized spacial score (nSPS) is 10.5. The van der Waals surface area contributed by atoms with Crippen LogP contribution in [0.25, 0.3) is 11.1 Å². The first-order valence-electron chi connectivity index (χ1n) is 8.74. The monoisotopic (exact) mass is 362 g/mol. The van der Waals surface area contributed by atoms with Gasteiger partial charge >= 0.3 is 5.97 Å². The van der Waals surface area contributed by atoms with Gasteiger partial charge in [-0.2, -0.15) is 10.5 Å². The second-order valence-corrected chi connectivity index (χ2v) is 6.78. The molecule has 5 nitrogen and oxygen atoms in total. The molecule has 27 heavy (non-hydrogen) atoms. The summed E-state index contributed by atoms with van der Waals surface area (Å²) in [4.78, 5) is 11.7. The highest BCUT2D eigenvalue weighted by Gasteiger charge is 2.18. The summed E-state index contributed by atoms with van der Waals surface area (Å²) in [5.74, 6) is 0.368. The summed E-state index contributed by atoms with van der Waals surface area (Å²) in [6.45, 7) is 4.03. The lowest BCUT2D eigenvalue weighted by molar-refractivity contribution is -0.144. The molecule has 0 aliphatic rings. The molecule has 0 saturated carbocycles. The van der Waals surface area contributed by atoms with Gasteiger partial charge in [0.05, 0.1) is 23.1 Å². The summed E-state index contributed by atoms with van der Waals surface area (Å²) in [6.07, 6.45) is 0.694. The SMILES string of the molecule is CC(C)(C#N)CCC(=O)OCCOc1ccc(-c2ccc(C#N)cc2)cc1. The number of benzene rings is 2. The Kier molecular flexibility index (Phi) is 6.97. The predicted molar refractivity (Wildman–Crippen MR) is 102 cm³/mol. The Labute approximate surface area is 159 Å². The number of carbonyl (C=O) groups is 1. The molecule has 0 aliphatic carbocycles. The fourth-order valence-electron chi connectivity index (χ4n) is 2.34. The Hall–Kier alpha value is -3.31. The molecule has 0 bridgehead atoms. The molecule has 0 radical (unpaired) electrons. The standard InChI is InChI=1S/C22H22N2O3/c1-22(2,16-24)12-11-21(25)27-14-13-26-20-9-7-19(8-10-20)18-5-3-17(15-23)4-6-18/h3-10H,11-14H2,1-2H3. The van der Waals surface area contributed by atoms with Gasteiger partial charge in [0, 0.05) is 6.42 Å². The minimum absolute atomic E-state index is 0.170. The zero-order valence-corrected chi connectivity index (χ0v) is 15.6. The van der Waals surface area contributed by atoms with Crippen LogP contribution in [-0.2, 0) is 9.53 Å². The molecule has 0 aromatic heterocycles. The summed E-state index contributed by atoms with van der Waals surface area (Å²) in [5.41, 5.74) is 2.16. The Morgan fingerprint density at radius 1 is 0.963 bits per heavy atom. The number of hydrogen-bond acceptors (Lipinski definition) is 5. The minimum atomic E-state index is -0.522. The largest absolute Gasteiger partial charge is 0.490 e. The molecule has 0 N–H and O–H groups in total. The molecule has 0 saturated heterocycles. The zero-order valence-electron chi connectivity index (χ0n) is 15.6. The van der Waals surface area contributed by atoms with Crippen LogP contribution in [0, 0.1) is 28.1 Å². The Bertz CT molecular complexity index is 841. The predicted octanol–water partition coefficient (Wildman–Crippen LogP) is 4.48. The molecule has 0 fully saturated rings. The van der Waals surface area contributed by atoms with Crippen LogP contribution < -0.4 is 4.74 Å². The highest BCUT2D eigenvalue weighted by molar-refractivity contribution is 5.69. The molecular weight excluding hydrogens is 340 g/mol. The van der Waals surface area contributed by atoms with Crippen molar-refractivity contribution in [3.05, 3.63) is 54.1 Å². The van der Waals surface area contributed by atoms with Gasteiger partial charge in [-0.25, -0.2) is 0 Å². The zero-order chi connectivity index (χ0) is 19.7. The van der Waals surface area contributed by atoms with Crippen LogP contribution in [0.5, 0.6) is 5.75 Å². The van der Waals surface area contributed by atoms with E-state index < -0.39 is 5.41 Å². The van der Waals surface area contributed by atoms with Crippen molar-refractivity contribution in [2.75, 3.05) is 13.2 Å². The highest BCUT2D eigenvalue weighted by Crippen LogP contribution is 2.23. The quantitative estimate of drug-likeness (QED) is 0.511. The van der Waals surface area contributed by atoms with Crippen molar-refractivity contribution >= 4 is 5.97 Å². The molecular formula is C22H22N2O3. The third-order valence-corrected chi connectivity index (χ3v) is 4.07. The van der Waals surface area contributed by atoms with Crippen molar-refractivity contribution in [3.8, 4) is 29.0 Å². The van der Waals surface area contributed by atoms with Gasteiger partial charge in [-0.15, -0.1) is 0 Å². The fraction of sp³-hybridized carbons (Fsp3) is 0.318. The number of rotatable bonds is 8. The second kappa shape index (κ2) is 9.40. The van der Waals surface area contributed by atoms with E-state index >= 15 is 0 Å². The van der Waals surface area contributed by atoms with E-state index in [1.54, 1.807) is 26.0 Å². The molecule has 5 heteroatoms. The molecule has 138 valence electrons. The molecule has 0 amide bonds. The number of ether oxygens (including phenoxy) is 2. The minimum Gasteiger partial charge on any atom is -0.490 e. The number of nitriles is 2. The summed E-state index contributed by atoms with van der Waals surface area (Å²) >= 11 is 0. The van der Waals surface area contributed by atoms with Crippen molar-refractivity contribution in [1.82, 2.24) is 0 Å². The van der Waals surface area contributed by atoms with Crippen LogP contribution in [0.1, 0.15) is 32.3 Å². The lowest BCUT2D eigenvalue weighted by Crippen LogP contribution is -2.15. The van der Waals surface area contributed by atoms with E-state index in [1.807, 2.05) is 36.4 Å². The first kappa shape index (κ1) is 20.0. The summed E-state index contributed by atoms with van der Waals surface area (Å²) < 4.78 is 10.7. The Balaban J connectivity index is 1.74. The Morgan fingerprint density at radius 2 is 1.56 bits per heavy atom. The van der Waals surface area contributed by atoms with Crippen molar-refractivity contribution in [2.24, 2.45) is 5.41 Å². The molecule has 0 aliphatic heterocycles. The van der Waals surface area contributed by atoms with Crippen molar-refractivity contribution in [1.29, 1.82) is 10.5 Å². The molecule has 2 aromatic rings. The van der Waals surface area contributed by atoms with E-state index in [9.17, 15) is 4.79 Å². The lowest BCUT2D eigenvalue weighted by atomic mass is 9.90. The van der Waals surface area contributed by atoms with Crippen LogP contribution in [-0.4, -0.2) is 19.2 Å². The maximum absolute atomic E-state index is 11.7. The Morgan fingerprint density at radius 3 is 2.11 bits per heavy atom. The third-order valence-electron chi connectivity index (χ3n) is 4.07. The van der Waals surface area contributed by atoms with Gasteiger partial charge in [0.15, 0.2) is 0 Å². The van der Waals surface area contributed by atoms with Gasteiger partial charge < -0.3 is 9.47 Å². The average molecular weight is 362 g/mol. The van der Waals surface area contributed by atoms with Crippen LogP contribution in [0.15, 0.2) is 48.5 Å². The van der Waals surface area contributed by atoms with Gasteiger partial charge in [-0.1, -0.05) is 24.3 Å². The van der Waals surface area contributed by atoms with Gasteiger partial charge in [-0.05, 0) is 55.7 Å². The van der Waals surface area contributed by atoms with Crippen molar-refractivity contribution in [3.63, 3.8) is 0 Å². The smallest absolute Gasteiger partial charge is 0.305 e.